The van der Waals surface area contributed by atoms with Gasteiger partial charge in [0.15, 0.2) is 17.7 Å². The minimum atomic E-state index is -1.45. The first-order valence-electron chi connectivity index (χ1n) is 10.9. The lowest BCUT2D eigenvalue weighted by Crippen LogP contribution is -2.32. The number of rotatable bonds is 9. The first-order chi connectivity index (χ1) is 15.4. The maximum Gasteiger partial charge on any atom is 0.254 e. The highest BCUT2D eigenvalue weighted by Crippen LogP contribution is 2.32. The van der Waals surface area contributed by atoms with E-state index < -0.39 is 29.2 Å². The van der Waals surface area contributed by atoms with Crippen molar-refractivity contribution in [1.29, 1.82) is 5.41 Å². The summed E-state index contributed by atoms with van der Waals surface area (Å²) in [6, 6.07) is 9.13. The molecule has 1 atom stereocenters. The summed E-state index contributed by atoms with van der Waals surface area (Å²) in [6.45, 7) is 1.87. The number of nitrogens with one attached hydrogen (secondary N) is 2. The summed E-state index contributed by atoms with van der Waals surface area (Å²) in [5.41, 5.74) is 6.29. The van der Waals surface area contributed by atoms with Crippen LogP contribution in [0.4, 0.5) is 8.78 Å². The zero-order valence-electron chi connectivity index (χ0n) is 18.1. The van der Waals surface area contributed by atoms with E-state index in [1.165, 1.54) is 6.07 Å². The van der Waals surface area contributed by atoms with Gasteiger partial charge in [-0.2, -0.15) is 0 Å². The molecule has 2 aromatic carbocycles. The van der Waals surface area contributed by atoms with Gasteiger partial charge in [-0.15, -0.1) is 0 Å². The minimum absolute atomic E-state index is 0.0572. The highest BCUT2D eigenvalue weighted by Gasteiger charge is 2.30. The van der Waals surface area contributed by atoms with Crippen LogP contribution in [-0.4, -0.2) is 24.5 Å². The second-order valence-corrected chi connectivity index (χ2v) is 7.81. The number of hydrogen-bond donors (Lipinski definition) is 3. The number of benzene rings is 2. The van der Waals surface area contributed by atoms with Gasteiger partial charge in [0.25, 0.3) is 5.91 Å². The highest BCUT2D eigenvalue weighted by molar-refractivity contribution is 5.94. The van der Waals surface area contributed by atoms with Crippen LogP contribution in [0.3, 0.4) is 0 Å². The zero-order chi connectivity index (χ0) is 23.1. The Labute approximate surface area is 186 Å². The minimum Gasteiger partial charge on any atom is -0.487 e. The monoisotopic (exact) mass is 445 g/mol. The fourth-order valence-corrected chi connectivity index (χ4v) is 3.78. The number of carbonyl (C=O) groups excluding carboxylic acids is 1. The van der Waals surface area contributed by atoms with Crippen molar-refractivity contribution in [3.8, 4) is 5.75 Å². The van der Waals surface area contributed by atoms with Gasteiger partial charge in [-0.25, -0.2) is 8.78 Å². The third kappa shape index (κ3) is 5.82. The van der Waals surface area contributed by atoms with Gasteiger partial charge >= 0.3 is 0 Å². The average molecular weight is 446 g/mol. The molecule has 0 spiro atoms. The molecule has 1 saturated carbocycles. The number of amidine groups is 1. The van der Waals surface area contributed by atoms with Gasteiger partial charge < -0.3 is 20.5 Å². The molecular weight excluding hydrogens is 416 g/mol. The SMILES string of the molecule is CCOC(C(=O)NCc1ccc(C(=N)N)cc1)c1c(F)ccc(OC2CCCCC2)c1F. The Balaban J connectivity index is 1.76. The number of nitrogen functional groups attached to an aromatic ring is 1. The molecule has 1 fully saturated rings. The summed E-state index contributed by atoms with van der Waals surface area (Å²) in [5.74, 6) is -2.55. The fraction of sp³-hybridized carbons (Fsp3) is 0.417. The third-order valence-electron chi connectivity index (χ3n) is 5.50. The number of hydrogen-bond acceptors (Lipinski definition) is 4. The first kappa shape index (κ1) is 23.7. The van der Waals surface area contributed by atoms with Crippen LogP contribution in [0.15, 0.2) is 36.4 Å². The molecule has 32 heavy (non-hydrogen) atoms. The van der Waals surface area contributed by atoms with Crippen LogP contribution in [0, 0.1) is 17.0 Å². The van der Waals surface area contributed by atoms with Crippen LogP contribution in [0.2, 0.25) is 0 Å². The summed E-state index contributed by atoms with van der Waals surface area (Å²) in [5, 5.41) is 10.1. The molecule has 3 rings (SSSR count). The third-order valence-corrected chi connectivity index (χ3v) is 5.50. The lowest BCUT2D eigenvalue weighted by Gasteiger charge is -2.25. The van der Waals surface area contributed by atoms with Crippen molar-refractivity contribution < 1.29 is 23.0 Å². The van der Waals surface area contributed by atoms with E-state index in [2.05, 4.69) is 5.32 Å². The van der Waals surface area contributed by atoms with Crippen LogP contribution in [0.5, 0.6) is 5.75 Å². The van der Waals surface area contributed by atoms with E-state index in [9.17, 15) is 9.18 Å². The molecule has 0 radical (unpaired) electrons. The van der Waals surface area contributed by atoms with Crippen LogP contribution in [0.25, 0.3) is 0 Å². The van der Waals surface area contributed by atoms with E-state index in [-0.39, 0.29) is 30.8 Å². The Kier molecular flexibility index (Phi) is 8.16. The van der Waals surface area contributed by atoms with Gasteiger partial charge in [0.05, 0.1) is 11.7 Å². The van der Waals surface area contributed by atoms with E-state index in [1.54, 1.807) is 31.2 Å². The Hall–Kier alpha value is -3.00. The summed E-state index contributed by atoms with van der Waals surface area (Å²) in [7, 11) is 0. The molecule has 1 unspecified atom stereocenters. The van der Waals surface area contributed by atoms with Gasteiger partial charge in [0.2, 0.25) is 0 Å². The van der Waals surface area contributed by atoms with Crippen molar-refractivity contribution in [2.24, 2.45) is 5.73 Å². The number of nitrogens with two attached hydrogens (primary N) is 1. The average Bonchev–Trinajstić information content (AvgIpc) is 2.80. The Bertz CT molecular complexity index is 944. The number of ether oxygens (including phenoxy) is 2. The largest absolute Gasteiger partial charge is 0.487 e. The summed E-state index contributed by atoms with van der Waals surface area (Å²) < 4.78 is 41.1. The van der Waals surface area contributed by atoms with E-state index in [4.69, 9.17) is 20.6 Å². The maximum absolute atomic E-state index is 15.2. The lowest BCUT2D eigenvalue weighted by molar-refractivity contribution is -0.133. The molecule has 172 valence electrons. The Morgan fingerprint density at radius 3 is 2.47 bits per heavy atom. The quantitative estimate of drug-likeness (QED) is 0.395. The normalized spacial score (nSPS) is 15.2. The molecule has 6 nitrogen and oxygen atoms in total. The molecule has 0 aliphatic heterocycles. The molecule has 4 N–H and O–H groups in total. The van der Waals surface area contributed by atoms with Crippen molar-refractivity contribution in [2.45, 2.75) is 57.8 Å². The predicted octanol–water partition coefficient (Wildman–Crippen LogP) is 4.35. The summed E-state index contributed by atoms with van der Waals surface area (Å²) >= 11 is 0. The van der Waals surface area contributed by atoms with E-state index >= 15 is 4.39 Å². The smallest absolute Gasteiger partial charge is 0.254 e. The van der Waals surface area contributed by atoms with Crippen LogP contribution in [-0.2, 0) is 16.1 Å². The molecule has 1 amide bonds. The van der Waals surface area contributed by atoms with Gasteiger partial charge in [-0.05, 0) is 50.3 Å². The van der Waals surface area contributed by atoms with Gasteiger partial charge in [-0.3, -0.25) is 10.2 Å². The van der Waals surface area contributed by atoms with E-state index in [1.807, 2.05) is 0 Å². The van der Waals surface area contributed by atoms with Crippen molar-refractivity contribution in [2.75, 3.05) is 6.61 Å². The molecule has 2 aromatic rings. The standard InChI is InChI=1S/C24H29F2N3O3/c1-2-31-22(24(30)29-14-15-8-10-16(11-9-15)23(27)28)20-18(25)12-13-19(21(20)26)32-17-6-4-3-5-7-17/h8-13,17,22H,2-7,14H2,1H3,(H3,27,28)(H,29,30). The number of halogens is 2. The summed E-state index contributed by atoms with van der Waals surface area (Å²) in [4.78, 5) is 12.8. The lowest BCUT2D eigenvalue weighted by atomic mass is 9.97. The molecular formula is C24H29F2N3O3. The topological polar surface area (TPSA) is 97.4 Å². The second kappa shape index (κ2) is 11.0. The van der Waals surface area contributed by atoms with Crippen LogP contribution < -0.4 is 15.8 Å². The van der Waals surface area contributed by atoms with Crippen molar-refractivity contribution in [3.05, 3.63) is 64.7 Å². The fourth-order valence-electron chi connectivity index (χ4n) is 3.78. The first-order valence-corrected chi connectivity index (χ1v) is 10.9. The number of amides is 1. The molecule has 8 heteroatoms. The van der Waals surface area contributed by atoms with Crippen molar-refractivity contribution in [1.82, 2.24) is 5.32 Å². The summed E-state index contributed by atoms with van der Waals surface area (Å²) in [6.07, 6.45) is 3.23. The second-order valence-electron chi connectivity index (χ2n) is 7.81. The predicted molar refractivity (Wildman–Crippen MR) is 118 cm³/mol. The zero-order valence-corrected chi connectivity index (χ0v) is 18.1. The highest BCUT2D eigenvalue weighted by atomic mass is 19.1. The van der Waals surface area contributed by atoms with Gasteiger partial charge in [0, 0.05) is 18.7 Å². The molecule has 0 saturated heterocycles. The number of carbonyl (C=O) groups is 1. The van der Waals surface area contributed by atoms with E-state index in [0.29, 0.717) is 5.56 Å². The van der Waals surface area contributed by atoms with Crippen LogP contribution in [0.1, 0.15) is 61.8 Å². The molecule has 0 aromatic heterocycles. The molecule has 1 aliphatic rings. The van der Waals surface area contributed by atoms with Crippen molar-refractivity contribution >= 4 is 11.7 Å². The molecule has 0 bridgehead atoms. The Morgan fingerprint density at radius 2 is 1.84 bits per heavy atom. The molecule has 0 heterocycles. The van der Waals surface area contributed by atoms with Crippen molar-refractivity contribution in [3.63, 3.8) is 0 Å². The van der Waals surface area contributed by atoms with Gasteiger partial charge in [0.1, 0.15) is 11.7 Å². The van der Waals surface area contributed by atoms with Crippen LogP contribution >= 0.6 is 0 Å². The van der Waals surface area contributed by atoms with Gasteiger partial charge in [-0.1, -0.05) is 30.7 Å². The molecule has 1 aliphatic carbocycles. The maximum atomic E-state index is 15.2. The Morgan fingerprint density at radius 1 is 1.16 bits per heavy atom. The van der Waals surface area contributed by atoms with E-state index in [0.717, 1.165) is 43.7 Å².